The van der Waals surface area contributed by atoms with E-state index >= 15 is 0 Å². The molecule has 0 aliphatic carbocycles. The molecule has 52 valence electrons. The Morgan fingerprint density at radius 1 is 1.70 bits per heavy atom. The molecule has 0 heterocycles. The van der Waals surface area contributed by atoms with E-state index in [4.69, 9.17) is 11.3 Å². The summed E-state index contributed by atoms with van der Waals surface area (Å²) in [5.74, 6) is 0. The molecular formula is C7H11LiO2. The van der Waals surface area contributed by atoms with Crippen molar-refractivity contribution in [2.24, 2.45) is 0 Å². The van der Waals surface area contributed by atoms with Crippen LogP contribution in [0.3, 0.4) is 0 Å². The van der Waals surface area contributed by atoms with Crippen molar-refractivity contribution >= 4 is 0 Å². The van der Waals surface area contributed by atoms with E-state index in [2.05, 4.69) is 11.3 Å². The molecule has 0 aromatic rings. The maximum Gasteiger partial charge on any atom is 1.00 e. The molecule has 0 aliphatic heterocycles. The van der Waals surface area contributed by atoms with E-state index in [1.54, 1.807) is 13.2 Å². The summed E-state index contributed by atoms with van der Waals surface area (Å²) < 4.78 is 9.60. The van der Waals surface area contributed by atoms with Crippen LogP contribution in [0.1, 0.15) is 0 Å². The Bertz CT molecular complexity index is 85.6. The van der Waals surface area contributed by atoms with Crippen LogP contribution in [0.15, 0.2) is 18.7 Å². The third kappa shape index (κ3) is 6.12. The average Bonchev–Trinajstić information content (AvgIpc) is 1.91. The largest absolute Gasteiger partial charge is 1.00 e. The third-order valence-electron chi connectivity index (χ3n) is 0.800. The minimum Gasteiger partial charge on any atom is -0.515 e. The van der Waals surface area contributed by atoms with Crippen molar-refractivity contribution in [2.75, 3.05) is 13.9 Å². The van der Waals surface area contributed by atoms with Gasteiger partial charge in [-0.1, -0.05) is 6.08 Å². The van der Waals surface area contributed by atoms with Crippen LogP contribution in [0.2, 0.25) is 0 Å². The molecular weight excluding hydrogens is 123 g/mol. The number of hydrogen-bond acceptors (Lipinski definition) is 2. The Morgan fingerprint density at radius 2 is 2.30 bits per heavy atom. The van der Waals surface area contributed by atoms with Gasteiger partial charge in [-0.3, -0.25) is 0 Å². The average molecular weight is 134 g/mol. The summed E-state index contributed by atoms with van der Waals surface area (Å²) in [6.07, 6.45) is 2.80. The Kier molecular flexibility index (Phi) is 11.4. The van der Waals surface area contributed by atoms with Crippen LogP contribution in [0.5, 0.6) is 0 Å². The summed E-state index contributed by atoms with van der Waals surface area (Å²) in [7, 11) is 1.55. The van der Waals surface area contributed by atoms with Crippen molar-refractivity contribution in [3.8, 4) is 0 Å². The second-order valence-electron chi connectivity index (χ2n) is 1.47. The molecule has 0 N–H and O–H groups in total. The fourth-order valence-corrected chi connectivity index (χ4v) is 0.349. The Labute approximate surface area is 74.1 Å². The van der Waals surface area contributed by atoms with E-state index < -0.39 is 0 Å². The molecule has 10 heavy (non-hydrogen) atoms. The van der Waals surface area contributed by atoms with Crippen molar-refractivity contribution < 1.29 is 28.3 Å². The first-order chi connectivity index (χ1) is 4.35. The van der Waals surface area contributed by atoms with Gasteiger partial charge in [0.05, 0.1) is 6.10 Å². The van der Waals surface area contributed by atoms with Crippen molar-refractivity contribution in [3.63, 3.8) is 0 Å². The van der Waals surface area contributed by atoms with Gasteiger partial charge in [0.15, 0.2) is 0 Å². The maximum atomic E-state index is 5.15. The smallest absolute Gasteiger partial charge is 0.515 e. The maximum absolute atomic E-state index is 5.15. The first kappa shape index (κ1) is 12.7. The molecule has 0 fully saturated rings. The van der Waals surface area contributed by atoms with E-state index in [1.165, 1.54) is 6.08 Å². The Balaban J connectivity index is 0. The van der Waals surface area contributed by atoms with Gasteiger partial charge in [0.25, 0.3) is 0 Å². The Morgan fingerprint density at radius 3 is 2.60 bits per heavy atom. The molecule has 0 aromatic heterocycles. The van der Waals surface area contributed by atoms with Gasteiger partial charge in [0.2, 0.25) is 0 Å². The summed E-state index contributed by atoms with van der Waals surface area (Å²) in [4.78, 5) is 0. The van der Waals surface area contributed by atoms with Gasteiger partial charge < -0.3 is 16.1 Å². The molecule has 2 nitrogen and oxygen atoms in total. The van der Waals surface area contributed by atoms with Crippen LogP contribution in [0.4, 0.5) is 0 Å². The zero-order valence-corrected chi connectivity index (χ0v) is 6.54. The monoisotopic (exact) mass is 134 g/mol. The molecule has 0 aliphatic rings. The van der Waals surface area contributed by atoms with E-state index in [0.717, 1.165) is 0 Å². The predicted molar refractivity (Wildman–Crippen MR) is 35.8 cm³/mol. The van der Waals surface area contributed by atoms with Crippen molar-refractivity contribution in [1.82, 2.24) is 0 Å². The first-order valence-corrected chi connectivity index (χ1v) is 2.63. The summed E-state index contributed by atoms with van der Waals surface area (Å²) in [6.45, 7) is 8.88. The van der Waals surface area contributed by atoms with Crippen LogP contribution in [0.25, 0.3) is 0 Å². The number of hydrogen-bond donors (Lipinski definition) is 0. The van der Waals surface area contributed by atoms with Crippen LogP contribution in [-0.2, 0) is 9.47 Å². The second-order valence-corrected chi connectivity index (χ2v) is 1.47. The van der Waals surface area contributed by atoms with E-state index in [1.807, 2.05) is 0 Å². The molecule has 1 unspecified atom stereocenters. The SMILES string of the molecule is [CH-]=CC(C=C)OCOC.[Li+]. The van der Waals surface area contributed by atoms with Gasteiger partial charge in [-0.05, 0) is 0 Å². The van der Waals surface area contributed by atoms with Crippen LogP contribution >= 0.6 is 0 Å². The molecule has 0 saturated carbocycles. The molecule has 0 radical (unpaired) electrons. The van der Waals surface area contributed by atoms with Crippen LogP contribution in [0, 0.1) is 6.58 Å². The molecule has 0 bridgehead atoms. The van der Waals surface area contributed by atoms with Gasteiger partial charge in [0, 0.05) is 7.11 Å². The summed E-state index contributed by atoms with van der Waals surface area (Å²) in [5, 5.41) is 0. The molecule has 0 saturated heterocycles. The quantitative estimate of drug-likeness (QED) is 0.190. The third-order valence-corrected chi connectivity index (χ3v) is 0.800. The molecule has 0 aromatic carbocycles. The topological polar surface area (TPSA) is 18.5 Å². The van der Waals surface area contributed by atoms with Crippen molar-refractivity contribution in [1.29, 1.82) is 0 Å². The summed E-state index contributed by atoms with van der Waals surface area (Å²) in [6, 6.07) is 0. The summed E-state index contributed by atoms with van der Waals surface area (Å²) >= 11 is 0. The molecule has 3 heteroatoms. The van der Waals surface area contributed by atoms with Gasteiger partial charge in [-0.2, -0.15) is 0 Å². The molecule has 0 spiro atoms. The second kappa shape index (κ2) is 9.00. The fourth-order valence-electron chi connectivity index (χ4n) is 0.349. The zero-order chi connectivity index (χ0) is 7.11. The molecule has 1 atom stereocenters. The fraction of sp³-hybridized carbons (Fsp3) is 0.429. The summed E-state index contributed by atoms with van der Waals surface area (Å²) in [5.41, 5.74) is 0. The van der Waals surface area contributed by atoms with Crippen molar-refractivity contribution in [3.05, 3.63) is 25.3 Å². The number of ether oxygens (including phenoxy) is 2. The zero-order valence-electron chi connectivity index (χ0n) is 6.54. The van der Waals surface area contributed by atoms with Crippen LogP contribution < -0.4 is 18.9 Å². The van der Waals surface area contributed by atoms with Gasteiger partial charge >= 0.3 is 18.9 Å². The minimum atomic E-state index is -0.204. The van der Waals surface area contributed by atoms with Gasteiger partial charge in [-0.15, -0.1) is 6.58 Å². The Hall–Kier alpha value is -0.00260. The normalized spacial score (nSPS) is 11.3. The van der Waals surface area contributed by atoms with Gasteiger partial charge in [-0.25, -0.2) is 6.08 Å². The molecule has 0 rings (SSSR count). The predicted octanol–water partition coefficient (Wildman–Crippen LogP) is -1.85. The van der Waals surface area contributed by atoms with E-state index in [-0.39, 0.29) is 31.8 Å². The number of methoxy groups -OCH3 is 1. The number of rotatable bonds is 5. The molecule has 0 amide bonds. The van der Waals surface area contributed by atoms with Crippen LogP contribution in [-0.4, -0.2) is 20.0 Å². The van der Waals surface area contributed by atoms with E-state index in [0.29, 0.717) is 0 Å². The minimum absolute atomic E-state index is 0. The standard InChI is InChI=1S/C7H11O2.Li/c1-4-7(5-2)9-6-8-3;/h1,4-5,7H,2,6H2,3H3;/q-1;+1. The van der Waals surface area contributed by atoms with E-state index in [9.17, 15) is 0 Å². The van der Waals surface area contributed by atoms with Gasteiger partial charge in [0.1, 0.15) is 6.79 Å². The van der Waals surface area contributed by atoms with Crippen molar-refractivity contribution in [2.45, 2.75) is 6.10 Å². The first-order valence-electron chi connectivity index (χ1n) is 2.63.